The van der Waals surface area contributed by atoms with Gasteiger partial charge < -0.3 is 5.11 Å². The molecular formula is C10H18O. The third-order valence-corrected chi connectivity index (χ3v) is 1.53. The van der Waals surface area contributed by atoms with Crippen LogP contribution in [0, 0.1) is 0 Å². The van der Waals surface area contributed by atoms with Crippen molar-refractivity contribution in [3.05, 3.63) is 23.5 Å². The van der Waals surface area contributed by atoms with E-state index in [0.717, 1.165) is 19.3 Å². The van der Waals surface area contributed by atoms with E-state index in [0.29, 0.717) is 5.76 Å². The Morgan fingerprint density at radius 2 is 1.91 bits per heavy atom. The largest absolute Gasteiger partial charge is 0.513 e. The van der Waals surface area contributed by atoms with Crippen LogP contribution in [0.4, 0.5) is 0 Å². The third kappa shape index (κ3) is 7.17. The minimum atomic E-state index is 0.425. The average molecular weight is 154 g/mol. The van der Waals surface area contributed by atoms with Crippen molar-refractivity contribution in [1.29, 1.82) is 0 Å². The highest BCUT2D eigenvalue weighted by Crippen LogP contribution is 2.06. The van der Waals surface area contributed by atoms with Gasteiger partial charge in [0.15, 0.2) is 0 Å². The fourth-order valence-electron chi connectivity index (χ4n) is 0.959. The summed E-state index contributed by atoms with van der Waals surface area (Å²) in [6.45, 7) is 5.97. The highest BCUT2D eigenvalue weighted by atomic mass is 16.3. The second-order valence-electron chi connectivity index (χ2n) is 2.84. The minimum absolute atomic E-state index is 0.425. The molecular weight excluding hydrogens is 136 g/mol. The summed E-state index contributed by atoms with van der Waals surface area (Å²) in [5.41, 5.74) is 1.41. The van der Waals surface area contributed by atoms with Crippen LogP contribution in [-0.4, -0.2) is 5.11 Å². The first kappa shape index (κ1) is 10.3. The number of aliphatic hydroxyl groups is 1. The lowest BCUT2D eigenvalue weighted by molar-refractivity contribution is 0.411. The van der Waals surface area contributed by atoms with Crippen LogP contribution in [-0.2, 0) is 0 Å². The summed E-state index contributed by atoms with van der Waals surface area (Å²) in [6, 6.07) is 0. The number of hydrogen-bond donors (Lipinski definition) is 1. The summed E-state index contributed by atoms with van der Waals surface area (Å²) in [4.78, 5) is 0. The van der Waals surface area contributed by atoms with Gasteiger partial charge in [-0.15, -0.1) is 0 Å². The van der Waals surface area contributed by atoms with Crippen molar-refractivity contribution in [2.75, 3.05) is 0 Å². The number of rotatable bonds is 4. The van der Waals surface area contributed by atoms with Crippen LogP contribution in [0.2, 0.25) is 0 Å². The summed E-state index contributed by atoms with van der Waals surface area (Å²) in [5, 5.41) is 8.84. The number of hydrogen-bond acceptors (Lipinski definition) is 1. The number of aliphatic hydroxyl groups excluding tert-OH is 1. The zero-order valence-electron chi connectivity index (χ0n) is 7.72. The van der Waals surface area contributed by atoms with Gasteiger partial charge in [0, 0.05) is 0 Å². The quantitative estimate of drug-likeness (QED) is 0.484. The molecule has 1 N–H and O–H groups in total. The van der Waals surface area contributed by atoms with Gasteiger partial charge in [-0.05, 0) is 39.2 Å². The molecule has 0 saturated heterocycles. The van der Waals surface area contributed by atoms with E-state index < -0.39 is 0 Å². The molecule has 0 aromatic rings. The molecule has 0 heterocycles. The molecule has 0 aliphatic rings. The Kier molecular flexibility index (Phi) is 5.63. The lowest BCUT2D eigenvalue weighted by atomic mass is 10.1. The van der Waals surface area contributed by atoms with Gasteiger partial charge in [-0.1, -0.05) is 18.6 Å². The van der Waals surface area contributed by atoms with E-state index in [9.17, 15) is 0 Å². The van der Waals surface area contributed by atoms with Crippen molar-refractivity contribution >= 4 is 0 Å². The summed E-state index contributed by atoms with van der Waals surface area (Å²) >= 11 is 0. The molecule has 0 spiro atoms. The molecule has 0 rings (SSSR count). The van der Waals surface area contributed by atoms with Crippen LogP contribution >= 0.6 is 0 Å². The van der Waals surface area contributed by atoms with Gasteiger partial charge in [-0.3, -0.25) is 0 Å². The summed E-state index contributed by atoms with van der Waals surface area (Å²) in [6.07, 6.45) is 7.19. The van der Waals surface area contributed by atoms with E-state index in [1.54, 1.807) is 6.92 Å². The van der Waals surface area contributed by atoms with Crippen molar-refractivity contribution in [3.63, 3.8) is 0 Å². The van der Waals surface area contributed by atoms with Crippen LogP contribution in [0.15, 0.2) is 23.5 Å². The summed E-state index contributed by atoms with van der Waals surface area (Å²) in [7, 11) is 0. The van der Waals surface area contributed by atoms with Gasteiger partial charge in [-0.2, -0.15) is 0 Å². The monoisotopic (exact) mass is 154 g/mol. The molecule has 0 saturated carbocycles. The fourth-order valence-corrected chi connectivity index (χ4v) is 0.959. The Morgan fingerprint density at radius 1 is 1.27 bits per heavy atom. The lowest BCUT2D eigenvalue weighted by Crippen LogP contribution is -1.77. The molecule has 0 atom stereocenters. The summed E-state index contributed by atoms with van der Waals surface area (Å²) < 4.78 is 0. The molecule has 0 aliphatic carbocycles. The maximum absolute atomic E-state index is 8.84. The second-order valence-corrected chi connectivity index (χ2v) is 2.84. The van der Waals surface area contributed by atoms with Crippen molar-refractivity contribution in [1.82, 2.24) is 0 Å². The maximum atomic E-state index is 8.84. The van der Waals surface area contributed by atoms with Crippen molar-refractivity contribution in [3.8, 4) is 0 Å². The molecule has 0 aromatic heterocycles. The Morgan fingerprint density at radius 3 is 2.36 bits per heavy atom. The van der Waals surface area contributed by atoms with Gasteiger partial charge in [-0.25, -0.2) is 0 Å². The van der Waals surface area contributed by atoms with Crippen LogP contribution in [0.5, 0.6) is 0 Å². The molecule has 0 amide bonds. The zero-order chi connectivity index (χ0) is 8.69. The van der Waals surface area contributed by atoms with Crippen LogP contribution in [0.1, 0.15) is 40.0 Å². The predicted octanol–water partition coefficient (Wildman–Crippen LogP) is 3.58. The lowest BCUT2D eigenvalue weighted by Gasteiger charge is -1.96. The van der Waals surface area contributed by atoms with Gasteiger partial charge in [0.2, 0.25) is 0 Å². The molecule has 0 radical (unpaired) electrons. The molecule has 64 valence electrons. The Balaban J connectivity index is 3.54. The standard InChI is InChI=1S/C10H18O/c1-4-6-9(2)7-5-8-10(3)11/h6,8,11H,4-5,7H2,1-3H3/b9-6+,10-8+. The smallest absolute Gasteiger partial charge is 0.0852 e. The van der Waals surface area contributed by atoms with Gasteiger partial charge in [0.1, 0.15) is 0 Å². The Hall–Kier alpha value is -0.720. The predicted molar refractivity (Wildman–Crippen MR) is 49.7 cm³/mol. The first-order valence-electron chi connectivity index (χ1n) is 4.18. The zero-order valence-corrected chi connectivity index (χ0v) is 7.72. The topological polar surface area (TPSA) is 20.2 Å². The summed E-state index contributed by atoms with van der Waals surface area (Å²) in [5.74, 6) is 0.425. The van der Waals surface area contributed by atoms with E-state index in [4.69, 9.17) is 5.11 Å². The van der Waals surface area contributed by atoms with Crippen LogP contribution < -0.4 is 0 Å². The average Bonchev–Trinajstić information content (AvgIpc) is 1.87. The molecule has 0 aromatic carbocycles. The third-order valence-electron chi connectivity index (χ3n) is 1.53. The van der Waals surface area contributed by atoms with Gasteiger partial charge in [0.05, 0.1) is 5.76 Å². The van der Waals surface area contributed by atoms with E-state index in [1.807, 2.05) is 6.08 Å². The molecule has 11 heavy (non-hydrogen) atoms. The molecule has 0 aliphatic heterocycles. The first-order chi connectivity index (χ1) is 5.16. The molecule has 0 bridgehead atoms. The normalized spacial score (nSPS) is 13.7. The van der Waals surface area contributed by atoms with Gasteiger partial charge >= 0.3 is 0 Å². The molecule has 0 unspecified atom stereocenters. The first-order valence-corrected chi connectivity index (χ1v) is 4.18. The van der Waals surface area contributed by atoms with Gasteiger partial charge in [0.25, 0.3) is 0 Å². The molecule has 1 nitrogen and oxygen atoms in total. The minimum Gasteiger partial charge on any atom is -0.513 e. The second kappa shape index (κ2) is 6.02. The van der Waals surface area contributed by atoms with E-state index in [-0.39, 0.29) is 0 Å². The van der Waals surface area contributed by atoms with Crippen LogP contribution in [0.25, 0.3) is 0 Å². The molecule has 0 fully saturated rings. The maximum Gasteiger partial charge on any atom is 0.0852 e. The van der Waals surface area contributed by atoms with E-state index in [1.165, 1.54) is 5.57 Å². The van der Waals surface area contributed by atoms with Crippen molar-refractivity contribution in [2.24, 2.45) is 0 Å². The van der Waals surface area contributed by atoms with Crippen molar-refractivity contribution < 1.29 is 5.11 Å². The highest BCUT2D eigenvalue weighted by molar-refractivity contribution is 5.00. The molecule has 1 heteroatoms. The Labute approximate surface area is 69.4 Å². The number of allylic oxidation sites excluding steroid dienone is 4. The Bertz CT molecular complexity index is 150. The van der Waals surface area contributed by atoms with Crippen molar-refractivity contribution in [2.45, 2.75) is 40.0 Å². The highest BCUT2D eigenvalue weighted by Gasteiger charge is 1.87. The van der Waals surface area contributed by atoms with E-state index >= 15 is 0 Å². The van der Waals surface area contributed by atoms with E-state index in [2.05, 4.69) is 19.9 Å². The van der Waals surface area contributed by atoms with Crippen LogP contribution in [0.3, 0.4) is 0 Å². The fraction of sp³-hybridized carbons (Fsp3) is 0.600. The SMILES string of the molecule is CC/C=C(\C)CC/C=C(\C)O.